The van der Waals surface area contributed by atoms with E-state index in [4.69, 9.17) is 4.74 Å². The molecule has 3 nitrogen and oxygen atoms in total. The largest absolute Gasteiger partial charge is 0.446 e. The summed E-state index contributed by atoms with van der Waals surface area (Å²) >= 11 is 0. The molecule has 0 aromatic heterocycles. The number of ether oxygens (including phenoxy) is 1. The third-order valence-corrected chi connectivity index (χ3v) is 3.96. The Hall–Kier alpha value is -2.03. The smallest absolute Gasteiger partial charge is 0.407 e. The Morgan fingerprint density at radius 2 is 1.86 bits per heavy atom. The van der Waals surface area contributed by atoms with E-state index in [9.17, 15) is 4.79 Å². The Balaban J connectivity index is 2.07. The fourth-order valence-corrected chi connectivity index (χ4v) is 2.74. The minimum atomic E-state index is -0.333. The average Bonchev–Trinajstić information content (AvgIpc) is 2.53. The van der Waals surface area contributed by atoms with Gasteiger partial charge in [0, 0.05) is 0 Å². The number of fused-ring (bicyclic) bond motifs is 1. The third-order valence-electron chi connectivity index (χ3n) is 3.96. The van der Waals surface area contributed by atoms with Crippen LogP contribution in [-0.4, -0.2) is 12.2 Å². The first-order chi connectivity index (χ1) is 10.7. The van der Waals surface area contributed by atoms with E-state index >= 15 is 0 Å². The number of hydrogen-bond acceptors (Lipinski definition) is 2. The standard InChI is InChI=1S/C19H25NO2/c1-4-9-16(5-2)22-19(21)20-14(3)17-13-8-11-15-10-6-7-12-18(15)17/h6-8,10-14,16H,4-5,9H2,1-3H3,(H,20,21). The lowest BCUT2D eigenvalue weighted by molar-refractivity contribution is 0.0875. The summed E-state index contributed by atoms with van der Waals surface area (Å²) in [5.74, 6) is 0. The van der Waals surface area contributed by atoms with Crippen molar-refractivity contribution in [2.75, 3.05) is 0 Å². The number of carbonyl (C=O) groups excluding carboxylic acids is 1. The van der Waals surface area contributed by atoms with E-state index in [1.165, 1.54) is 10.8 Å². The Morgan fingerprint density at radius 1 is 1.14 bits per heavy atom. The molecule has 0 aliphatic rings. The molecule has 0 saturated heterocycles. The SMILES string of the molecule is CCCC(CC)OC(=O)NC(C)c1cccc2ccccc12. The lowest BCUT2D eigenvalue weighted by Crippen LogP contribution is -2.31. The molecule has 0 fully saturated rings. The number of nitrogens with one attached hydrogen (secondary N) is 1. The lowest BCUT2D eigenvalue weighted by atomic mass is 10.00. The summed E-state index contributed by atoms with van der Waals surface area (Å²) < 4.78 is 5.49. The first-order valence-corrected chi connectivity index (χ1v) is 8.10. The van der Waals surface area contributed by atoms with Gasteiger partial charge in [-0.2, -0.15) is 0 Å². The van der Waals surface area contributed by atoms with E-state index in [1.54, 1.807) is 0 Å². The maximum Gasteiger partial charge on any atom is 0.407 e. The molecule has 0 bridgehead atoms. The highest BCUT2D eigenvalue weighted by molar-refractivity contribution is 5.86. The lowest BCUT2D eigenvalue weighted by Gasteiger charge is -2.20. The van der Waals surface area contributed by atoms with E-state index in [0.29, 0.717) is 0 Å². The predicted octanol–water partition coefficient (Wildman–Crippen LogP) is 5.21. The van der Waals surface area contributed by atoms with Crippen LogP contribution >= 0.6 is 0 Å². The molecule has 0 aliphatic heterocycles. The van der Waals surface area contributed by atoms with Crippen LogP contribution < -0.4 is 5.32 Å². The van der Waals surface area contributed by atoms with E-state index in [-0.39, 0.29) is 18.2 Å². The molecule has 1 amide bonds. The van der Waals surface area contributed by atoms with E-state index in [2.05, 4.69) is 36.5 Å². The Kier molecular flexibility index (Phi) is 5.82. The first-order valence-electron chi connectivity index (χ1n) is 8.10. The van der Waals surface area contributed by atoms with Crippen LogP contribution in [0.15, 0.2) is 42.5 Å². The zero-order chi connectivity index (χ0) is 15.9. The Bertz CT molecular complexity index is 618. The van der Waals surface area contributed by atoms with E-state index in [1.807, 2.05) is 32.0 Å². The fourth-order valence-electron chi connectivity index (χ4n) is 2.74. The van der Waals surface area contributed by atoms with Crippen molar-refractivity contribution >= 4 is 16.9 Å². The summed E-state index contributed by atoms with van der Waals surface area (Å²) in [7, 11) is 0. The average molecular weight is 299 g/mol. The monoisotopic (exact) mass is 299 g/mol. The van der Waals surface area contributed by atoms with Gasteiger partial charge in [-0.25, -0.2) is 4.79 Å². The van der Waals surface area contributed by atoms with Crippen molar-refractivity contribution in [3.63, 3.8) is 0 Å². The van der Waals surface area contributed by atoms with Gasteiger partial charge in [-0.3, -0.25) is 0 Å². The first kappa shape index (κ1) is 16.3. The van der Waals surface area contributed by atoms with Crippen LogP contribution in [0.25, 0.3) is 10.8 Å². The number of amides is 1. The van der Waals surface area contributed by atoms with Gasteiger partial charge in [-0.05, 0) is 36.1 Å². The molecule has 2 aromatic carbocycles. The van der Waals surface area contributed by atoms with Gasteiger partial charge in [0.1, 0.15) is 6.10 Å². The summed E-state index contributed by atoms with van der Waals surface area (Å²) in [6.07, 6.45) is 2.45. The van der Waals surface area contributed by atoms with Crippen LogP contribution in [0.2, 0.25) is 0 Å². The van der Waals surface area contributed by atoms with Gasteiger partial charge in [0.15, 0.2) is 0 Å². The number of carbonyl (C=O) groups is 1. The molecule has 2 rings (SSSR count). The maximum absolute atomic E-state index is 12.1. The second-order valence-corrected chi connectivity index (χ2v) is 5.66. The predicted molar refractivity (Wildman–Crippen MR) is 91.0 cm³/mol. The fraction of sp³-hybridized carbons (Fsp3) is 0.421. The number of hydrogen-bond donors (Lipinski definition) is 1. The number of rotatable bonds is 6. The third kappa shape index (κ3) is 4.00. The van der Waals surface area contributed by atoms with Crippen LogP contribution in [0.4, 0.5) is 4.79 Å². The van der Waals surface area contributed by atoms with Gasteiger partial charge in [-0.15, -0.1) is 0 Å². The van der Waals surface area contributed by atoms with Crippen molar-refractivity contribution in [2.24, 2.45) is 0 Å². The second-order valence-electron chi connectivity index (χ2n) is 5.66. The highest BCUT2D eigenvalue weighted by Gasteiger charge is 2.16. The summed E-state index contributed by atoms with van der Waals surface area (Å²) in [4.78, 5) is 12.1. The van der Waals surface area contributed by atoms with Gasteiger partial charge >= 0.3 is 6.09 Å². The van der Waals surface area contributed by atoms with Crippen molar-refractivity contribution < 1.29 is 9.53 Å². The molecule has 2 atom stereocenters. The van der Waals surface area contributed by atoms with Crippen molar-refractivity contribution in [3.05, 3.63) is 48.0 Å². The molecule has 2 aromatic rings. The molecule has 0 spiro atoms. The van der Waals surface area contributed by atoms with Crippen molar-refractivity contribution in [1.29, 1.82) is 0 Å². The molecule has 0 saturated carbocycles. The highest BCUT2D eigenvalue weighted by atomic mass is 16.6. The quantitative estimate of drug-likeness (QED) is 0.795. The normalized spacial score (nSPS) is 13.6. The second kappa shape index (κ2) is 7.83. The molecular formula is C19H25NO2. The van der Waals surface area contributed by atoms with Gasteiger partial charge in [0.05, 0.1) is 6.04 Å². The molecule has 0 radical (unpaired) electrons. The van der Waals surface area contributed by atoms with Crippen molar-refractivity contribution in [2.45, 2.75) is 52.2 Å². The summed E-state index contributed by atoms with van der Waals surface area (Å²) in [5, 5.41) is 5.30. The molecule has 22 heavy (non-hydrogen) atoms. The molecule has 118 valence electrons. The van der Waals surface area contributed by atoms with Gasteiger partial charge in [0.2, 0.25) is 0 Å². The van der Waals surface area contributed by atoms with Crippen LogP contribution in [-0.2, 0) is 4.74 Å². The minimum Gasteiger partial charge on any atom is -0.446 e. The summed E-state index contributed by atoms with van der Waals surface area (Å²) in [5.41, 5.74) is 1.11. The van der Waals surface area contributed by atoms with E-state index in [0.717, 1.165) is 24.8 Å². The molecule has 2 unspecified atom stereocenters. The van der Waals surface area contributed by atoms with Gasteiger partial charge in [-0.1, -0.05) is 62.7 Å². The molecule has 0 aliphatic carbocycles. The zero-order valence-electron chi connectivity index (χ0n) is 13.6. The molecule has 1 N–H and O–H groups in total. The van der Waals surface area contributed by atoms with Crippen LogP contribution in [0.3, 0.4) is 0 Å². The highest BCUT2D eigenvalue weighted by Crippen LogP contribution is 2.24. The Morgan fingerprint density at radius 3 is 2.59 bits per heavy atom. The van der Waals surface area contributed by atoms with E-state index < -0.39 is 0 Å². The molecule has 3 heteroatoms. The maximum atomic E-state index is 12.1. The topological polar surface area (TPSA) is 38.3 Å². The van der Waals surface area contributed by atoms with Gasteiger partial charge in [0.25, 0.3) is 0 Å². The van der Waals surface area contributed by atoms with Crippen LogP contribution in [0, 0.1) is 0 Å². The molecule has 0 heterocycles. The zero-order valence-corrected chi connectivity index (χ0v) is 13.6. The Labute approximate surface area is 132 Å². The minimum absolute atomic E-state index is 0.00437. The van der Waals surface area contributed by atoms with Crippen LogP contribution in [0.5, 0.6) is 0 Å². The summed E-state index contributed by atoms with van der Waals surface area (Å²) in [6, 6.07) is 14.3. The number of alkyl carbamates (subject to hydrolysis) is 1. The van der Waals surface area contributed by atoms with Crippen LogP contribution in [0.1, 0.15) is 51.6 Å². The number of benzene rings is 2. The summed E-state index contributed by atoms with van der Waals surface area (Å²) in [6.45, 7) is 6.13. The molecular weight excluding hydrogens is 274 g/mol. The van der Waals surface area contributed by atoms with Crippen molar-refractivity contribution in [1.82, 2.24) is 5.32 Å². The van der Waals surface area contributed by atoms with Crippen molar-refractivity contribution in [3.8, 4) is 0 Å². The van der Waals surface area contributed by atoms with Gasteiger partial charge < -0.3 is 10.1 Å².